The van der Waals surface area contributed by atoms with Gasteiger partial charge in [0.1, 0.15) is 24.2 Å². The summed E-state index contributed by atoms with van der Waals surface area (Å²) in [6.07, 6.45) is 2.44. The number of carbonyl (C=O) groups is 1. The molecule has 0 bridgehead atoms. The Kier molecular flexibility index (Phi) is 6.88. The van der Waals surface area contributed by atoms with Gasteiger partial charge in [0, 0.05) is 11.8 Å². The fourth-order valence-electron chi connectivity index (χ4n) is 3.50. The molecule has 4 aromatic rings. The Hall–Kier alpha value is -4.11. The smallest absolute Gasteiger partial charge is 0.338 e. The molecule has 180 valence electrons. The number of fused-ring (bicyclic) bond motifs is 1. The van der Waals surface area contributed by atoms with Crippen molar-refractivity contribution in [2.75, 3.05) is 17.6 Å². The Bertz CT molecular complexity index is 1540. The van der Waals surface area contributed by atoms with E-state index < -0.39 is 10.0 Å². The van der Waals surface area contributed by atoms with Gasteiger partial charge in [-0.15, -0.1) is 0 Å². The fraction of sp³-hybridized carbons (Fsp3) is 0.154. The molecule has 1 N–H and O–H groups in total. The molecule has 0 saturated heterocycles. The molecule has 0 aliphatic rings. The van der Waals surface area contributed by atoms with Crippen molar-refractivity contribution >= 4 is 32.6 Å². The first-order valence-electron chi connectivity index (χ1n) is 10.8. The van der Waals surface area contributed by atoms with Crippen LogP contribution < -0.4 is 14.9 Å². The van der Waals surface area contributed by atoms with Crippen LogP contribution in [0.25, 0.3) is 22.1 Å². The lowest BCUT2D eigenvalue weighted by Gasteiger charge is -2.09. The fourth-order valence-corrected chi connectivity index (χ4v) is 4.06. The van der Waals surface area contributed by atoms with Crippen molar-refractivity contribution in [1.29, 1.82) is 0 Å². The second-order valence-corrected chi connectivity index (χ2v) is 9.55. The molecule has 8 nitrogen and oxygen atoms in total. The molecule has 0 aliphatic carbocycles. The Morgan fingerprint density at radius 2 is 1.80 bits per heavy atom. The average Bonchev–Trinajstić information content (AvgIpc) is 2.83. The summed E-state index contributed by atoms with van der Waals surface area (Å²) >= 11 is 0. The van der Waals surface area contributed by atoms with E-state index >= 15 is 0 Å². The van der Waals surface area contributed by atoms with Gasteiger partial charge in [0.15, 0.2) is 5.43 Å². The highest BCUT2D eigenvalue weighted by atomic mass is 32.2. The number of nitrogens with one attached hydrogen (secondary N) is 1. The van der Waals surface area contributed by atoms with Gasteiger partial charge >= 0.3 is 5.97 Å². The third kappa shape index (κ3) is 5.88. The maximum absolute atomic E-state index is 13.0. The van der Waals surface area contributed by atoms with Crippen molar-refractivity contribution in [2.45, 2.75) is 13.5 Å². The summed E-state index contributed by atoms with van der Waals surface area (Å²) in [5.41, 5.74) is 2.74. The summed E-state index contributed by atoms with van der Waals surface area (Å²) in [5.74, 6) is 0.116. The van der Waals surface area contributed by atoms with Crippen molar-refractivity contribution in [3.8, 4) is 16.9 Å². The maximum Gasteiger partial charge on any atom is 0.338 e. The van der Waals surface area contributed by atoms with Crippen LogP contribution in [0.1, 0.15) is 22.8 Å². The number of sulfonamides is 1. The van der Waals surface area contributed by atoms with E-state index in [-0.39, 0.29) is 18.0 Å². The van der Waals surface area contributed by atoms with Crippen LogP contribution in [0.15, 0.2) is 82.2 Å². The summed E-state index contributed by atoms with van der Waals surface area (Å²) in [7, 11) is -3.39. The van der Waals surface area contributed by atoms with Gasteiger partial charge in [-0.25, -0.2) is 13.2 Å². The quantitative estimate of drug-likeness (QED) is 0.357. The number of ether oxygens (including phenoxy) is 2. The SMILES string of the molecule is CCOC(=O)c1cccc(COc2ccc3c(=O)c(-c4ccc(NS(C)(=O)=O)cc4)coc3c2)c1. The molecule has 3 aromatic carbocycles. The Morgan fingerprint density at radius 3 is 2.51 bits per heavy atom. The zero-order valence-electron chi connectivity index (χ0n) is 19.1. The van der Waals surface area contributed by atoms with Crippen LogP contribution in [0, 0.1) is 0 Å². The monoisotopic (exact) mass is 493 g/mol. The first-order valence-corrected chi connectivity index (χ1v) is 12.7. The molecule has 0 radical (unpaired) electrons. The molecule has 0 unspecified atom stereocenters. The summed E-state index contributed by atoms with van der Waals surface area (Å²) in [4.78, 5) is 25.0. The Balaban J connectivity index is 1.52. The van der Waals surface area contributed by atoms with Gasteiger partial charge in [-0.2, -0.15) is 0 Å². The Morgan fingerprint density at radius 1 is 1.03 bits per heavy atom. The van der Waals surface area contributed by atoms with Gasteiger partial charge in [-0.3, -0.25) is 9.52 Å². The molecule has 1 heterocycles. The van der Waals surface area contributed by atoms with Crippen molar-refractivity contribution < 1.29 is 27.1 Å². The van der Waals surface area contributed by atoms with E-state index in [1.807, 2.05) is 6.07 Å². The number of benzene rings is 3. The van der Waals surface area contributed by atoms with E-state index in [0.29, 0.717) is 45.7 Å². The second-order valence-electron chi connectivity index (χ2n) is 7.80. The van der Waals surface area contributed by atoms with E-state index in [1.54, 1.807) is 67.6 Å². The highest BCUT2D eigenvalue weighted by Gasteiger charge is 2.12. The van der Waals surface area contributed by atoms with Crippen LogP contribution in [0.4, 0.5) is 5.69 Å². The topological polar surface area (TPSA) is 112 Å². The van der Waals surface area contributed by atoms with Gasteiger partial charge in [0.25, 0.3) is 0 Å². The van der Waals surface area contributed by atoms with Crippen molar-refractivity contribution in [3.63, 3.8) is 0 Å². The number of anilines is 1. The van der Waals surface area contributed by atoms with Crippen LogP contribution in [0.2, 0.25) is 0 Å². The van der Waals surface area contributed by atoms with Gasteiger partial charge in [0.05, 0.1) is 29.4 Å². The van der Waals surface area contributed by atoms with Crippen LogP contribution >= 0.6 is 0 Å². The molecule has 35 heavy (non-hydrogen) atoms. The predicted octanol–water partition coefficient (Wildman–Crippen LogP) is 4.59. The minimum Gasteiger partial charge on any atom is -0.489 e. The standard InChI is InChI=1S/C26H23NO7S/c1-3-32-26(29)19-6-4-5-17(13-19)15-33-21-11-12-22-24(14-21)34-16-23(25(22)28)18-7-9-20(10-8-18)27-35(2,30)31/h4-14,16,27H,3,15H2,1-2H3. The van der Waals surface area contributed by atoms with Crippen molar-refractivity contribution in [1.82, 2.24) is 0 Å². The van der Waals surface area contributed by atoms with Crippen molar-refractivity contribution in [2.24, 2.45) is 0 Å². The minimum absolute atomic E-state index is 0.217. The maximum atomic E-state index is 13.0. The van der Waals surface area contributed by atoms with Gasteiger partial charge in [-0.05, 0) is 54.4 Å². The highest BCUT2D eigenvalue weighted by molar-refractivity contribution is 7.92. The third-order valence-corrected chi connectivity index (χ3v) is 5.70. The highest BCUT2D eigenvalue weighted by Crippen LogP contribution is 2.25. The van der Waals surface area contributed by atoms with Crippen LogP contribution in [-0.4, -0.2) is 27.2 Å². The van der Waals surface area contributed by atoms with E-state index in [4.69, 9.17) is 13.9 Å². The molecule has 9 heteroatoms. The molecule has 0 fully saturated rings. The number of hydrogen-bond donors (Lipinski definition) is 1. The molecule has 0 aliphatic heterocycles. The molecule has 0 atom stereocenters. The van der Waals surface area contributed by atoms with Crippen molar-refractivity contribution in [3.05, 3.63) is 94.3 Å². The van der Waals surface area contributed by atoms with Gasteiger partial charge in [-0.1, -0.05) is 24.3 Å². The lowest BCUT2D eigenvalue weighted by atomic mass is 10.1. The lowest BCUT2D eigenvalue weighted by molar-refractivity contribution is 0.0526. The predicted molar refractivity (Wildman–Crippen MR) is 133 cm³/mol. The summed E-state index contributed by atoms with van der Waals surface area (Å²) in [6, 6.07) is 18.4. The van der Waals surface area contributed by atoms with Crippen LogP contribution in [-0.2, 0) is 21.4 Å². The number of rotatable bonds is 8. The number of hydrogen-bond acceptors (Lipinski definition) is 7. The zero-order chi connectivity index (χ0) is 25.0. The van der Waals surface area contributed by atoms with Gasteiger partial charge < -0.3 is 13.9 Å². The van der Waals surface area contributed by atoms with Crippen LogP contribution in [0.5, 0.6) is 5.75 Å². The number of carbonyl (C=O) groups excluding carboxylic acids is 1. The summed E-state index contributed by atoms with van der Waals surface area (Å²) in [6.45, 7) is 2.27. The first kappa shape index (κ1) is 24.0. The molecule has 0 saturated carbocycles. The average molecular weight is 494 g/mol. The van der Waals surface area contributed by atoms with Crippen LogP contribution in [0.3, 0.4) is 0 Å². The van der Waals surface area contributed by atoms with E-state index in [2.05, 4.69) is 4.72 Å². The second kappa shape index (κ2) is 10.0. The normalized spacial score (nSPS) is 11.3. The molecular formula is C26H23NO7S. The largest absolute Gasteiger partial charge is 0.489 e. The minimum atomic E-state index is -3.39. The molecular weight excluding hydrogens is 470 g/mol. The Labute approximate surface area is 202 Å². The van der Waals surface area contributed by atoms with E-state index in [9.17, 15) is 18.0 Å². The summed E-state index contributed by atoms with van der Waals surface area (Å²) in [5, 5.41) is 0.387. The van der Waals surface area contributed by atoms with E-state index in [0.717, 1.165) is 11.8 Å². The molecule has 4 rings (SSSR count). The molecule has 0 spiro atoms. The number of esters is 1. The lowest BCUT2D eigenvalue weighted by Crippen LogP contribution is -2.09. The molecule has 0 amide bonds. The zero-order valence-corrected chi connectivity index (χ0v) is 19.9. The third-order valence-electron chi connectivity index (χ3n) is 5.09. The van der Waals surface area contributed by atoms with Gasteiger partial charge in [0.2, 0.25) is 10.0 Å². The summed E-state index contributed by atoms with van der Waals surface area (Å²) < 4.78 is 41.7. The van der Waals surface area contributed by atoms with E-state index in [1.165, 1.54) is 6.26 Å². The first-order chi connectivity index (χ1) is 16.7. The molecule has 1 aromatic heterocycles.